The summed E-state index contributed by atoms with van der Waals surface area (Å²) in [5, 5.41) is 8.75. The Balaban J connectivity index is 2.18. The van der Waals surface area contributed by atoms with E-state index in [4.69, 9.17) is 16.3 Å². The average molecular weight is 318 g/mol. The Kier molecular flexibility index (Phi) is 4.59. The highest BCUT2D eigenvalue weighted by Gasteiger charge is 2.15. The number of benzene rings is 1. The SMILES string of the molecule is COc1cc(NC(=O)c2[nH]ncc2Cl)ccc1OC(F)F. The standard InChI is InChI=1S/C12H10ClF2N3O3/c1-20-9-4-6(2-3-8(9)21-12(14)15)17-11(19)10-7(13)5-16-18-10/h2-5,12H,1H3,(H,16,18)(H,17,19). The van der Waals surface area contributed by atoms with Crippen LogP contribution in [0.5, 0.6) is 11.5 Å². The molecule has 0 aliphatic rings. The molecule has 1 amide bonds. The fourth-order valence-corrected chi connectivity index (χ4v) is 1.74. The maximum absolute atomic E-state index is 12.2. The Hall–Kier alpha value is -2.35. The van der Waals surface area contributed by atoms with Gasteiger partial charge in [0.05, 0.1) is 18.3 Å². The van der Waals surface area contributed by atoms with E-state index in [1.54, 1.807) is 0 Å². The number of halogens is 3. The molecule has 0 atom stereocenters. The highest BCUT2D eigenvalue weighted by atomic mass is 35.5. The first-order valence-electron chi connectivity index (χ1n) is 5.64. The molecule has 0 unspecified atom stereocenters. The van der Waals surface area contributed by atoms with Crippen LogP contribution in [0.1, 0.15) is 10.5 Å². The number of aromatic nitrogens is 2. The predicted octanol–water partition coefficient (Wildman–Crippen LogP) is 2.93. The maximum atomic E-state index is 12.2. The van der Waals surface area contributed by atoms with Crippen LogP contribution in [-0.4, -0.2) is 29.8 Å². The number of amides is 1. The van der Waals surface area contributed by atoms with Crippen molar-refractivity contribution < 1.29 is 23.0 Å². The Morgan fingerprint density at radius 3 is 2.76 bits per heavy atom. The van der Waals surface area contributed by atoms with Gasteiger partial charge in [-0.1, -0.05) is 11.6 Å². The number of rotatable bonds is 5. The third-order valence-corrected chi connectivity index (χ3v) is 2.74. The second kappa shape index (κ2) is 6.40. The smallest absolute Gasteiger partial charge is 0.387 e. The van der Waals surface area contributed by atoms with Gasteiger partial charge >= 0.3 is 6.61 Å². The van der Waals surface area contributed by atoms with Crippen LogP contribution in [0, 0.1) is 0 Å². The van der Waals surface area contributed by atoms with Crippen LogP contribution in [0.2, 0.25) is 5.02 Å². The van der Waals surface area contributed by atoms with Crippen LogP contribution < -0.4 is 14.8 Å². The minimum Gasteiger partial charge on any atom is -0.493 e. The van der Waals surface area contributed by atoms with Gasteiger partial charge in [-0.25, -0.2) is 0 Å². The number of hydrogen-bond acceptors (Lipinski definition) is 4. The number of methoxy groups -OCH3 is 1. The van der Waals surface area contributed by atoms with Gasteiger partial charge in [0.15, 0.2) is 11.5 Å². The largest absolute Gasteiger partial charge is 0.493 e. The van der Waals surface area contributed by atoms with Crippen LogP contribution in [0.25, 0.3) is 0 Å². The van der Waals surface area contributed by atoms with E-state index in [0.717, 1.165) is 0 Å². The van der Waals surface area contributed by atoms with Gasteiger partial charge in [-0.05, 0) is 12.1 Å². The van der Waals surface area contributed by atoms with E-state index in [1.807, 2.05) is 0 Å². The maximum Gasteiger partial charge on any atom is 0.387 e. The number of anilines is 1. The minimum atomic E-state index is -2.97. The molecule has 0 radical (unpaired) electrons. The summed E-state index contributed by atoms with van der Waals surface area (Å²) in [7, 11) is 1.30. The lowest BCUT2D eigenvalue weighted by Crippen LogP contribution is -2.13. The summed E-state index contributed by atoms with van der Waals surface area (Å²) in [6.45, 7) is -2.97. The fraction of sp³-hybridized carbons (Fsp3) is 0.167. The van der Waals surface area contributed by atoms with E-state index >= 15 is 0 Å². The van der Waals surface area contributed by atoms with Gasteiger partial charge in [-0.2, -0.15) is 13.9 Å². The van der Waals surface area contributed by atoms with Gasteiger partial charge in [-0.15, -0.1) is 0 Å². The summed E-state index contributed by atoms with van der Waals surface area (Å²) in [5.74, 6) is -0.601. The molecule has 0 saturated heterocycles. The van der Waals surface area contributed by atoms with E-state index in [1.165, 1.54) is 31.5 Å². The van der Waals surface area contributed by atoms with Crippen molar-refractivity contribution in [3.63, 3.8) is 0 Å². The topological polar surface area (TPSA) is 76.2 Å². The number of alkyl halides is 2. The molecule has 9 heteroatoms. The molecule has 112 valence electrons. The summed E-state index contributed by atoms with van der Waals surface area (Å²) in [6.07, 6.45) is 1.29. The Bertz CT molecular complexity index is 648. The zero-order valence-corrected chi connectivity index (χ0v) is 11.4. The van der Waals surface area contributed by atoms with Gasteiger partial charge in [0.25, 0.3) is 5.91 Å². The summed E-state index contributed by atoms with van der Waals surface area (Å²) in [6, 6.07) is 4.00. The van der Waals surface area contributed by atoms with E-state index in [9.17, 15) is 13.6 Å². The van der Waals surface area contributed by atoms with Crippen LogP contribution in [0.4, 0.5) is 14.5 Å². The van der Waals surface area contributed by atoms with Crippen molar-refractivity contribution in [2.75, 3.05) is 12.4 Å². The van der Waals surface area contributed by atoms with E-state index < -0.39 is 12.5 Å². The molecule has 0 spiro atoms. The highest BCUT2D eigenvalue weighted by Crippen LogP contribution is 2.31. The number of carbonyl (C=O) groups is 1. The van der Waals surface area contributed by atoms with Crippen molar-refractivity contribution in [2.24, 2.45) is 0 Å². The second-order valence-corrected chi connectivity index (χ2v) is 4.20. The third kappa shape index (κ3) is 3.60. The molecular weight excluding hydrogens is 308 g/mol. The lowest BCUT2D eigenvalue weighted by atomic mass is 10.2. The summed E-state index contributed by atoms with van der Waals surface area (Å²) < 4.78 is 33.6. The predicted molar refractivity (Wildman–Crippen MR) is 71.2 cm³/mol. The number of nitrogens with one attached hydrogen (secondary N) is 2. The Morgan fingerprint density at radius 2 is 2.19 bits per heavy atom. The zero-order valence-electron chi connectivity index (χ0n) is 10.7. The molecule has 0 saturated carbocycles. The minimum absolute atomic E-state index is 0.0591. The number of carbonyl (C=O) groups excluding carboxylic acids is 1. The monoisotopic (exact) mass is 317 g/mol. The van der Waals surface area contributed by atoms with Gasteiger partial charge in [0.2, 0.25) is 0 Å². The number of H-pyrrole nitrogens is 1. The molecule has 0 aliphatic carbocycles. The van der Waals surface area contributed by atoms with Gasteiger partial charge in [0, 0.05) is 11.8 Å². The van der Waals surface area contributed by atoms with Crippen molar-refractivity contribution in [1.82, 2.24) is 10.2 Å². The molecule has 2 N–H and O–H groups in total. The number of aromatic amines is 1. The molecule has 1 heterocycles. The molecule has 2 aromatic rings. The molecule has 0 fully saturated rings. The normalized spacial score (nSPS) is 10.5. The van der Waals surface area contributed by atoms with Crippen molar-refractivity contribution >= 4 is 23.2 Å². The van der Waals surface area contributed by atoms with Crippen LogP contribution in [0.15, 0.2) is 24.4 Å². The van der Waals surface area contributed by atoms with E-state index in [-0.39, 0.29) is 22.2 Å². The number of nitrogens with zero attached hydrogens (tertiary/aromatic N) is 1. The Morgan fingerprint density at radius 1 is 1.43 bits per heavy atom. The fourth-order valence-electron chi connectivity index (χ4n) is 1.56. The quantitative estimate of drug-likeness (QED) is 0.889. The summed E-state index contributed by atoms with van der Waals surface area (Å²) in [4.78, 5) is 11.9. The third-order valence-electron chi connectivity index (χ3n) is 2.46. The molecule has 0 aliphatic heterocycles. The number of hydrogen-bond donors (Lipinski definition) is 2. The second-order valence-electron chi connectivity index (χ2n) is 3.79. The summed E-state index contributed by atoms with van der Waals surface area (Å²) >= 11 is 5.76. The van der Waals surface area contributed by atoms with Crippen molar-refractivity contribution in [3.05, 3.63) is 35.1 Å². The van der Waals surface area contributed by atoms with Crippen molar-refractivity contribution in [3.8, 4) is 11.5 Å². The van der Waals surface area contributed by atoms with Gasteiger partial charge in [0.1, 0.15) is 5.69 Å². The van der Waals surface area contributed by atoms with Gasteiger partial charge < -0.3 is 14.8 Å². The van der Waals surface area contributed by atoms with Gasteiger partial charge in [-0.3, -0.25) is 9.89 Å². The molecule has 21 heavy (non-hydrogen) atoms. The van der Waals surface area contributed by atoms with E-state index in [0.29, 0.717) is 5.69 Å². The first kappa shape index (κ1) is 15.0. The first-order chi connectivity index (χ1) is 10.0. The lowest BCUT2D eigenvalue weighted by molar-refractivity contribution is -0.0512. The Labute approximate surface area is 123 Å². The average Bonchev–Trinajstić information content (AvgIpc) is 2.86. The number of ether oxygens (including phenoxy) is 2. The van der Waals surface area contributed by atoms with Crippen LogP contribution >= 0.6 is 11.6 Å². The first-order valence-corrected chi connectivity index (χ1v) is 6.02. The molecular formula is C12H10ClF2N3O3. The molecule has 0 bridgehead atoms. The summed E-state index contributed by atoms with van der Waals surface area (Å²) in [5.41, 5.74) is 0.410. The molecule has 6 nitrogen and oxygen atoms in total. The van der Waals surface area contributed by atoms with E-state index in [2.05, 4.69) is 20.3 Å². The molecule has 1 aromatic heterocycles. The van der Waals surface area contributed by atoms with Crippen LogP contribution in [-0.2, 0) is 0 Å². The van der Waals surface area contributed by atoms with Crippen molar-refractivity contribution in [2.45, 2.75) is 6.61 Å². The van der Waals surface area contributed by atoms with Crippen LogP contribution in [0.3, 0.4) is 0 Å². The van der Waals surface area contributed by atoms with Crippen molar-refractivity contribution in [1.29, 1.82) is 0 Å². The highest BCUT2D eigenvalue weighted by molar-refractivity contribution is 6.34. The molecule has 2 rings (SSSR count). The molecule has 1 aromatic carbocycles. The lowest BCUT2D eigenvalue weighted by Gasteiger charge is -2.11. The zero-order chi connectivity index (χ0) is 15.4.